The number of halogens is 1. The number of carbonyl (C=O) groups excluding carboxylic acids is 2. The summed E-state index contributed by atoms with van der Waals surface area (Å²) >= 11 is 5.47. The van der Waals surface area contributed by atoms with Crippen LogP contribution < -0.4 is 9.83 Å². The fraction of sp³-hybridized carbons (Fsp3) is 0.200. The monoisotopic (exact) mass is 307 g/mol. The van der Waals surface area contributed by atoms with Crippen LogP contribution >= 0.6 is 11.6 Å². The van der Waals surface area contributed by atoms with E-state index in [-0.39, 0.29) is 5.75 Å². The van der Waals surface area contributed by atoms with Crippen LogP contribution in [0.1, 0.15) is 13.3 Å². The van der Waals surface area contributed by atoms with Crippen LogP contribution in [0.25, 0.3) is 0 Å². The van der Waals surface area contributed by atoms with Crippen LogP contribution in [0.2, 0.25) is 5.02 Å². The maximum atomic E-state index is 10.4. The molecule has 0 spiro atoms. The Bertz CT molecular complexity index is 519. The molecule has 1 N–H and O–H groups in total. The summed E-state index contributed by atoms with van der Waals surface area (Å²) in [4.78, 5) is 20.5. The highest BCUT2D eigenvalue weighted by molar-refractivity contribution is 7.84. The molecule has 0 unspecified atom stereocenters. The summed E-state index contributed by atoms with van der Waals surface area (Å²) < 4.78 is 30.6. The molecule has 0 aromatic heterocycles. The molecule has 106 valence electrons. The van der Waals surface area contributed by atoms with Gasteiger partial charge in [-0.1, -0.05) is 23.7 Å². The Morgan fingerprint density at radius 1 is 1.26 bits per heavy atom. The highest BCUT2D eigenvalue weighted by Gasteiger charge is 2.06. The van der Waals surface area contributed by atoms with E-state index in [1.165, 1.54) is 12.1 Å². The normalized spacial score (nSPS) is 10.1. The van der Waals surface area contributed by atoms with Crippen LogP contribution in [-0.2, 0) is 19.9 Å². The van der Waals surface area contributed by atoms with E-state index in [0.717, 1.165) is 11.6 Å². The van der Waals surface area contributed by atoms with Crippen molar-refractivity contribution < 1.29 is 27.7 Å². The van der Waals surface area contributed by atoms with Crippen molar-refractivity contribution in [2.24, 2.45) is 0 Å². The quantitative estimate of drug-likeness (QED) is 0.616. The maximum absolute atomic E-state index is 10.4. The van der Waals surface area contributed by atoms with E-state index in [1.807, 2.05) is 0 Å². The molecule has 0 saturated heterocycles. The van der Waals surface area contributed by atoms with E-state index >= 15 is 0 Å². The van der Waals surface area contributed by atoms with Crippen molar-refractivity contribution in [3.05, 3.63) is 29.3 Å². The molecule has 0 atom stereocenters. The summed E-state index contributed by atoms with van der Waals surface area (Å²) in [6, 6.07) is 6.01. The second-order valence-electron chi connectivity index (χ2n) is 3.31. The van der Waals surface area contributed by atoms with Gasteiger partial charge in [-0.05, 0) is 19.1 Å². The summed E-state index contributed by atoms with van der Waals surface area (Å²) in [6.07, 6.45) is -0.596. The third-order valence-electron chi connectivity index (χ3n) is 1.46. The molecule has 19 heavy (non-hydrogen) atoms. The molecule has 0 bridgehead atoms. The number of nitrogens with one attached hydrogen (secondary N) is 1. The van der Waals surface area contributed by atoms with Gasteiger partial charge in [0.2, 0.25) is 5.91 Å². The van der Waals surface area contributed by atoms with Gasteiger partial charge < -0.3 is 9.66 Å². The third kappa shape index (κ3) is 11.2. The minimum Gasteiger partial charge on any atom is -0.872 e. The largest absolute Gasteiger partial charge is 0.872 e. The van der Waals surface area contributed by atoms with Crippen LogP contribution in [0.15, 0.2) is 24.3 Å². The number of rotatable bonds is 3. The summed E-state index contributed by atoms with van der Waals surface area (Å²) in [5.74, 6) is -1.62. The van der Waals surface area contributed by atoms with Gasteiger partial charge in [0.25, 0.3) is 0 Å². The molecule has 1 aromatic rings. The van der Waals surface area contributed by atoms with Gasteiger partial charge in [-0.25, -0.2) is 8.42 Å². The van der Waals surface area contributed by atoms with Gasteiger partial charge in [-0.15, -0.1) is 5.75 Å². The molecular formula is C10H10ClNO6S-2. The lowest BCUT2D eigenvalue weighted by atomic mass is 10.3. The van der Waals surface area contributed by atoms with Crippen LogP contribution in [0.5, 0.6) is 5.75 Å². The second-order valence-corrected chi connectivity index (χ2v) is 4.86. The molecule has 0 fully saturated rings. The summed E-state index contributed by atoms with van der Waals surface area (Å²) in [5, 5.41) is 11.0. The van der Waals surface area contributed by atoms with Crippen LogP contribution in [0.3, 0.4) is 0 Å². The number of hydrogen-bond acceptors (Lipinski definition) is 6. The minimum atomic E-state index is -4.77. The highest BCUT2D eigenvalue weighted by atomic mass is 35.5. The van der Waals surface area contributed by atoms with Crippen molar-refractivity contribution in [2.45, 2.75) is 13.3 Å². The average molecular weight is 308 g/mol. The Hall–Kier alpha value is -1.64. The number of Topliss-reactive ketones (excluding diaryl/α,β-unsaturated/α-hetero) is 1. The summed E-state index contributed by atoms with van der Waals surface area (Å²) in [5.41, 5.74) is 0. The minimum absolute atomic E-state index is 0.00519. The Morgan fingerprint density at radius 2 is 1.74 bits per heavy atom. The van der Waals surface area contributed by atoms with E-state index in [4.69, 9.17) is 11.6 Å². The Labute approximate surface area is 115 Å². The van der Waals surface area contributed by atoms with Crippen molar-refractivity contribution in [3.63, 3.8) is 0 Å². The lowest BCUT2D eigenvalue weighted by Gasteiger charge is -2.06. The smallest absolute Gasteiger partial charge is 0.240 e. The fourth-order valence-electron chi connectivity index (χ4n) is 0.836. The first kappa shape index (κ1) is 17.4. The molecule has 9 heteroatoms. The first-order valence-electron chi connectivity index (χ1n) is 4.78. The number of benzene rings is 1. The first-order chi connectivity index (χ1) is 8.60. The van der Waals surface area contributed by atoms with Gasteiger partial charge in [0, 0.05) is 5.02 Å². The predicted octanol–water partition coefficient (Wildman–Crippen LogP) is -0.0445. The molecule has 0 heterocycles. The average Bonchev–Trinajstić information content (AvgIpc) is 2.19. The van der Waals surface area contributed by atoms with Crippen LogP contribution in [-0.4, -0.2) is 24.7 Å². The zero-order valence-electron chi connectivity index (χ0n) is 9.75. The van der Waals surface area contributed by atoms with Crippen LogP contribution in [0.4, 0.5) is 0 Å². The van der Waals surface area contributed by atoms with Crippen molar-refractivity contribution in [1.29, 1.82) is 0 Å². The Morgan fingerprint density at radius 3 is 2.05 bits per heavy atom. The molecule has 0 aliphatic heterocycles. The summed E-state index contributed by atoms with van der Waals surface area (Å²) in [6.45, 7) is 1.11. The highest BCUT2D eigenvalue weighted by Crippen LogP contribution is 2.10. The topological polar surface area (TPSA) is 126 Å². The Balaban J connectivity index is 0.000000356. The standard InChI is InChI=1S/C6H5ClO.C4H7NO5S/c7-5-1-3-6(8)4-2-5;1-3(6)2-4(7)5-11(8,9)10/h1-4,8H;2H2,1H3,(H,5,7)(H,8,9,10)/p-2. The van der Waals surface area contributed by atoms with Gasteiger partial charge >= 0.3 is 0 Å². The van der Waals surface area contributed by atoms with E-state index in [9.17, 15) is 27.7 Å². The number of amides is 1. The molecular weight excluding hydrogens is 298 g/mol. The van der Waals surface area contributed by atoms with Crippen molar-refractivity contribution in [3.8, 4) is 5.75 Å². The molecule has 0 saturated carbocycles. The maximum Gasteiger partial charge on any atom is 0.240 e. The van der Waals surface area contributed by atoms with Crippen molar-refractivity contribution in [1.82, 2.24) is 4.72 Å². The molecule has 0 aliphatic rings. The van der Waals surface area contributed by atoms with Crippen molar-refractivity contribution >= 4 is 33.6 Å². The van der Waals surface area contributed by atoms with Gasteiger partial charge in [0.05, 0.1) is 6.42 Å². The van der Waals surface area contributed by atoms with Crippen LogP contribution in [0, 0.1) is 0 Å². The van der Waals surface area contributed by atoms with E-state index < -0.39 is 28.4 Å². The predicted molar refractivity (Wildman–Crippen MR) is 64.0 cm³/mol. The van der Waals surface area contributed by atoms with E-state index in [1.54, 1.807) is 12.1 Å². The van der Waals surface area contributed by atoms with Gasteiger partial charge in [-0.3, -0.25) is 14.3 Å². The zero-order chi connectivity index (χ0) is 15.1. The van der Waals surface area contributed by atoms with Gasteiger partial charge in [0.1, 0.15) is 5.78 Å². The SMILES string of the molecule is CC(=O)CC(=O)NS(=O)(=O)[O-].[O-]c1ccc(Cl)cc1. The molecule has 7 nitrogen and oxygen atoms in total. The second kappa shape index (κ2) is 7.72. The first-order valence-corrected chi connectivity index (χ1v) is 6.57. The number of ketones is 1. The van der Waals surface area contributed by atoms with Crippen molar-refractivity contribution in [2.75, 3.05) is 0 Å². The fourth-order valence-corrected chi connectivity index (χ4v) is 1.31. The summed E-state index contributed by atoms with van der Waals surface area (Å²) in [7, 11) is -4.77. The molecule has 1 rings (SSSR count). The molecule has 1 amide bonds. The Kier molecular flexibility index (Phi) is 7.05. The van der Waals surface area contributed by atoms with Gasteiger partial charge in [-0.2, -0.15) is 0 Å². The zero-order valence-corrected chi connectivity index (χ0v) is 11.3. The lowest BCUT2D eigenvalue weighted by molar-refractivity contribution is -0.268. The van der Waals surface area contributed by atoms with Gasteiger partial charge in [0.15, 0.2) is 10.3 Å². The number of hydrogen-bond donors (Lipinski definition) is 1. The third-order valence-corrected chi connectivity index (χ3v) is 2.19. The van der Waals surface area contributed by atoms with E-state index in [0.29, 0.717) is 5.02 Å². The molecule has 0 aliphatic carbocycles. The molecule has 1 aromatic carbocycles. The lowest BCUT2D eigenvalue weighted by Crippen LogP contribution is -2.30. The number of carbonyl (C=O) groups is 2. The molecule has 0 radical (unpaired) electrons. The van der Waals surface area contributed by atoms with E-state index in [2.05, 4.69) is 0 Å².